The predicted octanol–water partition coefficient (Wildman–Crippen LogP) is 7.03. The first kappa shape index (κ1) is 39.9. The van der Waals surface area contributed by atoms with Gasteiger partial charge in [0.05, 0.1) is 24.1 Å². The van der Waals surface area contributed by atoms with E-state index in [1.807, 2.05) is 18.7 Å². The summed E-state index contributed by atoms with van der Waals surface area (Å²) in [7, 11) is 1.36. The number of aromatic hydroxyl groups is 1. The minimum Gasteiger partial charge on any atom is -0.508 e. The van der Waals surface area contributed by atoms with Crippen molar-refractivity contribution >= 4 is 39.6 Å². The van der Waals surface area contributed by atoms with Crippen LogP contribution in [0.5, 0.6) is 11.8 Å². The molecule has 2 aromatic heterocycles. The number of hydrogen-bond donors (Lipinski definition) is 2. The first-order chi connectivity index (χ1) is 27.5. The van der Waals surface area contributed by atoms with E-state index in [0.717, 1.165) is 25.8 Å². The van der Waals surface area contributed by atoms with Crippen molar-refractivity contribution in [3.05, 3.63) is 47.7 Å². The number of phenolic OH excluding ortho intramolecular Hbond substituents is 1. The lowest BCUT2D eigenvalue weighted by atomic mass is 9.95. The van der Waals surface area contributed by atoms with E-state index in [1.165, 1.54) is 50.4 Å². The SMILES string of the molecule is C#Cc1c(F)ccc2cc(O)cc(-c3ncc4c(N5CC(C)CC(NC(=O)OC(OC(=O)CCC)C6CC6)C5)nc(OC)nc4c3F)c12.F[C@@H]1CC2CCCN2C1. The van der Waals surface area contributed by atoms with E-state index in [-0.39, 0.29) is 69.2 Å². The number of piperidine rings is 1. The number of ether oxygens (including phenoxy) is 3. The Labute approximate surface area is 329 Å². The Kier molecular flexibility index (Phi) is 11.9. The van der Waals surface area contributed by atoms with Crippen LogP contribution in [0.25, 0.3) is 32.9 Å². The lowest BCUT2D eigenvalue weighted by Gasteiger charge is -2.37. The van der Waals surface area contributed by atoms with Gasteiger partial charge in [-0.05, 0) is 81.0 Å². The second-order valence-electron chi connectivity index (χ2n) is 15.4. The summed E-state index contributed by atoms with van der Waals surface area (Å²) in [6.45, 7) is 6.55. The van der Waals surface area contributed by atoms with Crippen LogP contribution in [0.15, 0.2) is 30.5 Å². The first-order valence-corrected chi connectivity index (χ1v) is 19.6. The molecule has 57 heavy (non-hydrogen) atoms. The maximum Gasteiger partial charge on any atom is 0.410 e. The van der Waals surface area contributed by atoms with E-state index in [0.29, 0.717) is 49.7 Å². The summed E-state index contributed by atoms with van der Waals surface area (Å²) >= 11 is 0. The second-order valence-corrected chi connectivity index (χ2v) is 15.4. The number of carbonyl (C=O) groups is 2. The van der Waals surface area contributed by atoms with Gasteiger partial charge in [-0.25, -0.2) is 18.0 Å². The molecular weight excluding hydrogens is 741 g/mol. The zero-order valence-corrected chi connectivity index (χ0v) is 32.3. The van der Waals surface area contributed by atoms with Crippen LogP contribution in [0.2, 0.25) is 0 Å². The Hall–Kier alpha value is -5.36. The number of phenols is 1. The summed E-state index contributed by atoms with van der Waals surface area (Å²) in [5, 5.41) is 14.2. The molecule has 0 radical (unpaired) electrons. The zero-order chi connectivity index (χ0) is 40.4. The number of alkyl carbamates (subject to hydrolysis) is 1. The number of alkyl halides is 1. The van der Waals surface area contributed by atoms with Crippen molar-refractivity contribution in [2.75, 3.05) is 38.2 Å². The summed E-state index contributed by atoms with van der Waals surface area (Å²) in [6, 6.07) is 5.44. The molecule has 2 N–H and O–H groups in total. The van der Waals surface area contributed by atoms with E-state index in [2.05, 4.69) is 31.1 Å². The molecule has 5 atom stereocenters. The number of nitrogens with zero attached hydrogens (tertiary/aromatic N) is 5. The highest BCUT2D eigenvalue weighted by atomic mass is 19.1. The highest BCUT2D eigenvalue weighted by Crippen LogP contribution is 2.40. The van der Waals surface area contributed by atoms with E-state index in [1.54, 1.807) is 0 Å². The molecule has 0 bridgehead atoms. The second kappa shape index (κ2) is 17.0. The molecule has 4 unspecified atom stereocenters. The molecule has 4 aliphatic rings. The minimum atomic E-state index is -0.934. The summed E-state index contributed by atoms with van der Waals surface area (Å²) in [5.74, 6) is 0.620. The van der Waals surface area contributed by atoms with Crippen LogP contribution in [-0.2, 0) is 14.3 Å². The maximum absolute atomic E-state index is 16.5. The number of terminal acetylenes is 1. The van der Waals surface area contributed by atoms with Crippen LogP contribution in [0.3, 0.4) is 0 Å². The molecule has 4 aromatic rings. The van der Waals surface area contributed by atoms with Crippen LogP contribution in [-0.4, -0.2) is 94.9 Å². The number of benzene rings is 2. The van der Waals surface area contributed by atoms with E-state index in [4.69, 9.17) is 20.6 Å². The van der Waals surface area contributed by atoms with Crippen molar-refractivity contribution in [2.24, 2.45) is 11.8 Å². The van der Waals surface area contributed by atoms with Gasteiger partial charge in [0.15, 0.2) is 5.82 Å². The van der Waals surface area contributed by atoms with Crippen LogP contribution in [0.1, 0.15) is 70.8 Å². The average molecular weight is 789 g/mol. The average Bonchev–Trinajstić information content (AvgIpc) is 3.84. The highest BCUT2D eigenvalue weighted by Gasteiger charge is 2.38. The molecule has 1 saturated carbocycles. The number of esters is 1. The van der Waals surface area contributed by atoms with Crippen LogP contribution < -0.4 is 15.0 Å². The van der Waals surface area contributed by atoms with Gasteiger partial charge in [-0.1, -0.05) is 25.8 Å². The molecule has 302 valence electrons. The lowest BCUT2D eigenvalue weighted by molar-refractivity contribution is -0.171. The molecule has 8 rings (SSSR count). The molecule has 5 heterocycles. The van der Waals surface area contributed by atoms with E-state index < -0.39 is 36.2 Å². The number of nitrogens with one attached hydrogen (secondary N) is 1. The van der Waals surface area contributed by atoms with Crippen molar-refractivity contribution in [1.29, 1.82) is 0 Å². The Balaban J connectivity index is 0.000000480. The van der Waals surface area contributed by atoms with Gasteiger partial charge in [0.1, 0.15) is 34.8 Å². The monoisotopic (exact) mass is 788 g/mol. The number of anilines is 1. The van der Waals surface area contributed by atoms with Gasteiger partial charge >= 0.3 is 18.1 Å². The number of hydrogen-bond acceptors (Lipinski definition) is 11. The number of aromatic nitrogens is 3. The quantitative estimate of drug-likeness (QED) is 0.103. The minimum absolute atomic E-state index is 0.0134. The van der Waals surface area contributed by atoms with Gasteiger partial charge in [-0.15, -0.1) is 6.42 Å². The molecule has 4 fully saturated rings. The first-order valence-electron chi connectivity index (χ1n) is 19.6. The number of fused-ring (bicyclic) bond motifs is 3. The van der Waals surface area contributed by atoms with E-state index >= 15 is 4.39 Å². The normalized spacial score (nSPS) is 22.3. The number of methoxy groups -OCH3 is 1. The fraction of sp³-hybridized carbons (Fsp3) is 0.500. The van der Waals surface area contributed by atoms with Crippen molar-refractivity contribution in [1.82, 2.24) is 25.2 Å². The Morgan fingerprint density at radius 2 is 1.91 bits per heavy atom. The van der Waals surface area contributed by atoms with Crippen molar-refractivity contribution < 1.29 is 42.1 Å². The summed E-state index contributed by atoms with van der Waals surface area (Å²) in [5.41, 5.74) is -0.307. The maximum atomic E-state index is 16.5. The van der Waals surface area contributed by atoms with Crippen molar-refractivity contribution in [3.63, 3.8) is 0 Å². The summed E-state index contributed by atoms with van der Waals surface area (Å²) < 4.78 is 60.1. The molecular formula is C42H47F3N6O6. The third-order valence-corrected chi connectivity index (χ3v) is 10.9. The van der Waals surface area contributed by atoms with Crippen molar-refractivity contribution in [3.8, 4) is 35.4 Å². The van der Waals surface area contributed by atoms with Gasteiger partial charge in [0.25, 0.3) is 6.29 Å². The molecule has 1 aliphatic carbocycles. The number of amides is 1. The molecule has 15 heteroatoms. The third-order valence-electron chi connectivity index (χ3n) is 10.9. The Morgan fingerprint density at radius 3 is 2.63 bits per heavy atom. The van der Waals surface area contributed by atoms with Gasteiger partial charge in [-0.3, -0.25) is 14.7 Å². The van der Waals surface area contributed by atoms with E-state index in [9.17, 15) is 23.5 Å². The molecule has 2 aromatic carbocycles. The third kappa shape index (κ3) is 8.81. The van der Waals surface area contributed by atoms with Gasteiger partial charge < -0.3 is 29.5 Å². The summed E-state index contributed by atoms with van der Waals surface area (Å²) in [6.07, 6.45) is 11.3. The molecule has 12 nitrogen and oxygen atoms in total. The Bertz CT molecular complexity index is 2190. The van der Waals surface area contributed by atoms with Crippen LogP contribution in [0.4, 0.5) is 23.8 Å². The fourth-order valence-electron chi connectivity index (χ4n) is 8.23. The van der Waals surface area contributed by atoms with Crippen molar-refractivity contribution in [2.45, 2.75) is 89.8 Å². The highest BCUT2D eigenvalue weighted by molar-refractivity contribution is 6.03. The predicted molar refractivity (Wildman–Crippen MR) is 207 cm³/mol. The molecule has 1 amide bonds. The molecule has 0 spiro atoms. The largest absolute Gasteiger partial charge is 0.508 e. The standard InChI is InChI=1S/C35H35F2N5O6.C7H12FN/c1-5-7-27(44)47-33(19-8-9-19)48-35(45)39-21-12-18(3)16-42(17-21)32-25-15-38-30(29(37)31(25)40-34(41-32)46-4)24-14-22(43)13-20-10-11-26(36)23(6-2)28(20)24;8-6-4-7-2-1-3-9(7)5-6/h2,10-11,13-15,18-19,21,33,43H,5,7-9,12,16-17H2,1,3-4H3,(H,39,45);6-7H,1-5H2/t;6-,7?/m.1/s1. The van der Waals surface area contributed by atoms with Gasteiger partial charge in [0, 0.05) is 55.2 Å². The van der Waals surface area contributed by atoms with Gasteiger partial charge in [0.2, 0.25) is 0 Å². The zero-order valence-electron chi connectivity index (χ0n) is 32.3. The van der Waals surface area contributed by atoms with Crippen LogP contribution >= 0.6 is 0 Å². The molecule has 3 aliphatic heterocycles. The topological polar surface area (TPSA) is 139 Å². The number of rotatable bonds is 9. The van der Waals surface area contributed by atoms with Crippen LogP contribution in [0, 0.1) is 35.8 Å². The number of pyridine rings is 1. The molecule has 3 saturated heterocycles. The summed E-state index contributed by atoms with van der Waals surface area (Å²) in [4.78, 5) is 42.4. The Morgan fingerprint density at radius 1 is 1.11 bits per heavy atom. The lowest BCUT2D eigenvalue weighted by Crippen LogP contribution is -2.51. The smallest absolute Gasteiger partial charge is 0.410 e. The van der Waals surface area contributed by atoms with Gasteiger partial charge in [-0.2, -0.15) is 9.97 Å². The number of halogens is 3. The number of carbonyl (C=O) groups excluding carboxylic acids is 2. The fourth-order valence-corrected chi connectivity index (χ4v) is 8.23.